The second kappa shape index (κ2) is 10.8. The van der Waals surface area contributed by atoms with Crippen molar-refractivity contribution in [2.75, 3.05) is 26.2 Å². The fraction of sp³-hybridized carbons (Fsp3) is 0.667. The van der Waals surface area contributed by atoms with Crippen LogP contribution in [-0.2, 0) is 19.6 Å². The summed E-state index contributed by atoms with van der Waals surface area (Å²) >= 11 is 0. The number of nitrogens with one attached hydrogen (secondary N) is 2. The van der Waals surface area contributed by atoms with Gasteiger partial charge in [0.1, 0.15) is 0 Å². The molecule has 1 saturated carbocycles. The van der Waals surface area contributed by atoms with Crippen LogP contribution in [0.15, 0.2) is 17.0 Å². The fourth-order valence-corrected chi connectivity index (χ4v) is 6.97. The Kier molecular flexibility index (Phi) is 8.33. The molecule has 7 nitrogen and oxygen atoms in total. The summed E-state index contributed by atoms with van der Waals surface area (Å²) in [4.78, 5) is 25.1. The summed E-state index contributed by atoms with van der Waals surface area (Å²) in [5.41, 5.74) is 2.57. The molecule has 1 saturated heterocycles. The van der Waals surface area contributed by atoms with E-state index in [2.05, 4.69) is 10.6 Å². The number of amides is 2. The number of sulfonamides is 1. The van der Waals surface area contributed by atoms with Crippen molar-refractivity contribution in [2.45, 2.75) is 70.6 Å². The summed E-state index contributed by atoms with van der Waals surface area (Å²) in [5, 5.41) is 5.83. The minimum absolute atomic E-state index is 0.0586. The molecule has 1 aromatic rings. The largest absolute Gasteiger partial charge is 0.354 e. The molecule has 178 valence electrons. The van der Waals surface area contributed by atoms with Crippen LogP contribution in [0.25, 0.3) is 0 Å². The standard InChI is InChI=1S/C24H37N3O4S/c1-17-15-18(2)22(19(3)16-17)32(30,31)27-13-9-21(10-14-27)24(29)26-12-11-25-23(28)20-7-5-4-6-8-20/h15-16,20-21H,4-14H2,1-3H3,(H,25,28)(H,26,29). The van der Waals surface area contributed by atoms with E-state index in [0.717, 1.165) is 42.4 Å². The third-order valence-corrected chi connectivity index (χ3v) is 8.93. The Labute approximate surface area is 192 Å². The van der Waals surface area contributed by atoms with Gasteiger partial charge >= 0.3 is 0 Å². The van der Waals surface area contributed by atoms with Gasteiger partial charge in [-0.3, -0.25) is 9.59 Å². The molecule has 0 bridgehead atoms. The molecule has 0 spiro atoms. The van der Waals surface area contributed by atoms with E-state index in [-0.39, 0.29) is 23.7 Å². The van der Waals surface area contributed by atoms with Gasteiger partial charge in [0.25, 0.3) is 0 Å². The van der Waals surface area contributed by atoms with Gasteiger partial charge in [-0.25, -0.2) is 8.42 Å². The molecule has 32 heavy (non-hydrogen) atoms. The molecule has 2 aliphatic rings. The number of aryl methyl sites for hydroxylation is 3. The SMILES string of the molecule is Cc1cc(C)c(S(=O)(=O)N2CCC(C(=O)NCCNC(=O)C3CCCCC3)CC2)c(C)c1. The second-order valence-corrected chi connectivity index (χ2v) is 11.2. The summed E-state index contributed by atoms with van der Waals surface area (Å²) < 4.78 is 27.9. The fourth-order valence-electron chi connectivity index (χ4n) is 5.09. The van der Waals surface area contributed by atoms with Crippen LogP contribution in [0.4, 0.5) is 0 Å². The van der Waals surface area contributed by atoms with Gasteiger partial charge in [0.05, 0.1) is 4.90 Å². The molecule has 2 fully saturated rings. The van der Waals surface area contributed by atoms with E-state index in [1.807, 2.05) is 32.9 Å². The van der Waals surface area contributed by atoms with Gasteiger partial charge in [-0.05, 0) is 57.6 Å². The lowest BCUT2D eigenvalue weighted by Crippen LogP contribution is -2.44. The van der Waals surface area contributed by atoms with Crippen LogP contribution in [-0.4, -0.2) is 50.7 Å². The number of hydrogen-bond donors (Lipinski definition) is 2. The van der Waals surface area contributed by atoms with E-state index in [4.69, 9.17) is 0 Å². The number of hydrogen-bond acceptors (Lipinski definition) is 4. The predicted molar refractivity (Wildman–Crippen MR) is 125 cm³/mol. The van der Waals surface area contributed by atoms with E-state index in [1.165, 1.54) is 10.7 Å². The van der Waals surface area contributed by atoms with E-state index < -0.39 is 10.0 Å². The highest BCUT2D eigenvalue weighted by molar-refractivity contribution is 7.89. The average molecular weight is 464 g/mol. The van der Waals surface area contributed by atoms with Crippen LogP contribution in [0.5, 0.6) is 0 Å². The molecular weight excluding hydrogens is 426 g/mol. The number of nitrogens with zero attached hydrogens (tertiary/aromatic N) is 1. The van der Waals surface area contributed by atoms with E-state index >= 15 is 0 Å². The van der Waals surface area contributed by atoms with Crippen molar-refractivity contribution < 1.29 is 18.0 Å². The van der Waals surface area contributed by atoms with Gasteiger partial charge in [-0.2, -0.15) is 4.31 Å². The molecule has 1 aliphatic heterocycles. The summed E-state index contributed by atoms with van der Waals surface area (Å²) in [6.45, 7) is 7.14. The van der Waals surface area contributed by atoms with Crippen molar-refractivity contribution in [3.8, 4) is 0 Å². The molecular formula is C24H37N3O4S. The average Bonchev–Trinajstić information content (AvgIpc) is 2.76. The van der Waals surface area contributed by atoms with E-state index in [1.54, 1.807) is 0 Å². The smallest absolute Gasteiger partial charge is 0.243 e. The number of piperidine rings is 1. The quantitative estimate of drug-likeness (QED) is 0.608. The maximum Gasteiger partial charge on any atom is 0.243 e. The summed E-state index contributed by atoms with van der Waals surface area (Å²) in [7, 11) is -3.58. The molecule has 2 amide bonds. The van der Waals surface area contributed by atoms with Crippen LogP contribution >= 0.6 is 0 Å². The van der Waals surface area contributed by atoms with Gasteiger partial charge in [0, 0.05) is 38.0 Å². The van der Waals surface area contributed by atoms with Crippen molar-refractivity contribution in [1.82, 2.24) is 14.9 Å². The summed E-state index contributed by atoms with van der Waals surface area (Å²) in [5.74, 6) is -0.0435. The Bertz CT molecular complexity index is 908. The first-order valence-corrected chi connectivity index (χ1v) is 13.3. The Morgan fingerprint density at radius 1 is 0.844 bits per heavy atom. The minimum atomic E-state index is -3.58. The third-order valence-electron chi connectivity index (χ3n) is 6.73. The monoisotopic (exact) mass is 463 g/mol. The summed E-state index contributed by atoms with van der Waals surface area (Å²) in [6, 6.07) is 3.79. The molecule has 3 rings (SSSR count). The Morgan fingerprint density at radius 2 is 1.31 bits per heavy atom. The molecule has 2 N–H and O–H groups in total. The predicted octanol–water partition coefficient (Wildman–Crippen LogP) is 2.83. The van der Waals surface area contributed by atoms with Crippen LogP contribution in [0.3, 0.4) is 0 Å². The van der Waals surface area contributed by atoms with Crippen LogP contribution in [0.2, 0.25) is 0 Å². The van der Waals surface area contributed by atoms with Gasteiger partial charge in [0.15, 0.2) is 0 Å². The highest BCUT2D eigenvalue weighted by Gasteiger charge is 2.33. The lowest BCUT2D eigenvalue weighted by Gasteiger charge is -2.31. The zero-order valence-corrected chi connectivity index (χ0v) is 20.4. The molecule has 0 radical (unpaired) electrons. The molecule has 0 atom stereocenters. The highest BCUT2D eigenvalue weighted by Crippen LogP contribution is 2.29. The number of carbonyl (C=O) groups is 2. The maximum atomic E-state index is 13.2. The third kappa shape index (κ3) is 5.90. The van der Waals surface area contributed by atoms with E-state index in [0.29, 0.717) is 43.9 Å². The zero-order valence-electron chi connectivity index (χ0n) is 19.6. The van der Waals surface area contributed by atoms with Crippen LogP contribution in [0, 0.1) is 32.6 Å². The first-order chi connectivity index (χ1) is 15.2. The molecule has 0 unspecified atom stereocenters. The van der Waals surface area contributed by atoms with Gasteiger partial charge < -0.3 is 10.6 Å². The zero-order chi connectivity index (χ0) is 23.3. The first kappa shape index (κ1) is 24.7. The molecule has 1 aromatic carbocycles. The molecule has 0 aromatic heterocycles. The minimum Gasteiger partial charge on any atom is -0.354 e. The van der Waals surface area contributed by atoms with Crippen molar-refractivity contribution in [3.05, 3.63) is 28.8 Å². The lowest BCUT2D eigenvalue weighted by molar-refractivity contribution is -0.127. The normalized spacial score (nSPS) is 19.0. The van der Waals surface area contributed by atoms with Crippen molar-refractivity contribution >= 4 is 21.8 Å². The highest BCUT2D eigenvalue weighted by atomic mass is 32.2. The van der Waals surface area contributed by atoms with Crippen molar-refractivity contribution in [3.63, 3.8) is 0 Å². The van der Waals surface area contributed by atoms with Crippen molar-refractivity contribution in [1.29, 1.82) is 0 Å². The van der Waals surface area contributed by atoms with E-state index in [9.17, 15) is 18.0 Å². The van der Waals surface area contributed by atoms with Gasteiger partial charge in [-0.15, -0.1) is 0 Å². The van der Waals surface area contributed by atoms with Gasteiger partial charge in [0.2, 0.25) is 21.8 Å². The number of benzene rings is 1. The van der Waals surface area contributed by atoms with Crippen molar-refractivity contribution in [2.24, 2.45) is 11.8 Å². The Balaban J connectivity index is 1.45. The Morgan fingerprint density at radius 3 is 1.81 bits per heavy atom. The maximum absolute atomic E-state index is 13.2. The van der Waals surface area contributed by atoms with Crippen LogP contribution in [0.1, 0.15) is 61.6 Å². The Hall–Kier alpha value is -1.93. The molecule has 1 aliphatic carbocycles. The first-order valence-electron chi connectivity index (χ1n) is 11.8. The summed E-state index contributed by atoms with van der Waals surface area (Å²) in [6.07, 6.45) is 6.37. The second-order valence-electron chi connectivity index (χ2n) is 9.32. The number of carbonyl (C=O) groups excluding carboxylic acids is 2. The van der Waals surface area contributed by atoms with Gasteiger partial charge in [-0.1, -0.05) is 37.0 Å². The molecule has 8 heteroatoms. The topological polar surface area (TPSA) is 95.6 Å². The lowest BCUT2D eigenvalue weighted by atomic mass is 9.89. The van der Waals surface area contributed by atoms with Crippen LogP contribution < -0.4 is 10.6 Å². The molecule has 1 heterocycles. The number of rotatable bonds is 7.